The number of hydrogen-bond acceptors (Lipinski definition) is 3. The van der Waals surface area contributed by atoms with E-state index in [4.69, 9.17) is 16.7 Å². The SMILES string of the molecule is O=C(O)CO/N=C(\Cl)c1ccccc1. The standard InChI is InChI=1S/C9H8ClNO3/c10-9(11-14-6-8(12)13)7-4-2-1-3-5-7/h1-5H,6H2,(H,12,13)/b11-9-. The molecule has 0 bridgehead atoms. The molecular formula is C9H8ClNO3. The van der Waals surface area contributed by atoms with Crippen molar-refractivity contribution in [2.75, 3.05) is 6.61 Å². The number of carboxylic acid groups (broad SMARTS) is 1. The molecule has 1 aromatic rings. The first-order valence-corrected chi connectivity index (χ1v) is 4.20. The van der Waals surface area contributed by atoms with Gasteiger partial charge in [-0.1, -0.05) is 47.1 Å². The molecule has 0 atom stereocenters. The summed E-state index contributed by atoms with van der Waals surface area (Å²) in [6.07, 6.45) is 0. The van der Waals surface area contributed by atoms with Crippen LogP contribution in [-0.4, -0.2) is 22.9 Å². The summed E-state index contributed by atoms with van der Waals surface area (Å²) in [4.78, 5) is 14.5. The second-order valence-electron chi connectivity index (χ2n) is 2.42. The Morgan fingerprint density at radius 1 is 1.43 bits per heavy atom. The van der Waals surface area contributed by atoms with E-state index < -0.39 is 12.6 Å². The van der Waals surface area contributed by atoms with Crippen molar-refractivity contribution in [2.24, 2.45) is 5.16 Å². The summed E-state index contributed by atoms with van der Waals surface area (Å²) < 4.78 is 0. The predicted octanol–water partition coefficient (Wildman–Crippen LogP) is 1.69. The van der Waals surface area contributed by atoms with Gasteiger partial charge in [-0.05, 0) is 0 Å². The molecule has 0 heterocycles. The Morgan fingerprint density at radius 2 is 2.07 bits per heavy atom. The van der Waals surface area contributed by atoms with E-state index in [2.05, 4.69) is 9.99 Å². The molecule has 74 valence electrons. The van der Waals surface area contributed by atoms with Gasteiger partial charge in [-0.15, -0.1) is 0 Å². The quantitative estimate of drug-likeness (QED) is 0.612. The fourth-order valence-electron chi connectivity index (χ4n) is 0.773. The number of halogens is 1. The lowest BCUT2D eigenvalue weighted by atomic mass is 10.2. The number of benzene rings is 1. The number of rotatable bonds is 4. The number of oxime groups is 1. The van der Waals surface area contributed by atoms with Crippen LogP contribution in [0.2, 0.25) is 0 Å². The minimum absolute atomic E-state index is 0.131. The van der Waals surface area contributed by atoms with E-state index in [1.807, 2.05) is 6.07 Å². The number of nitrogens with zero attached hydrogens (tertiary/aromatic N) is 1. The van der Waals surface area contributed by atoms with E-state index in [0.29, 0.717) is 5.56 Å². The number of hydrogen-bond donors (Lipinski definition) is 1. The molecular weight excluding hydrogens is 206 g/mol. The molecule has 0 aliphatic carbocycles. The largest absolute Gasteiger partial charge is 0.479 e. The van der Waals surface area contributed by atoms with Crippen LogP contribution in [0.15, 0.2) is 35.5 Å². The van der Waals surface area contributed by atoms with Crippen molar-refractivity contribution < 1.29 is 14.7 Å². The molecule has 0 aliphatic rings. The number of aliphatic carboxylic acids is 1. The zero-order valence-electron chi connectivity index (χ0n) is 7.18. The first-order valence-electron chi connectivity index (χ1n) is 3.83. The van der Waals surface area contributed by atoms with Gasteiger partial charge in [-0.2, -0.15) is 0 Å². The third-order valence-corrected chi connectivity index (χ3v) is 1.63. The van der Waals surface area contributed by atoms with Gasteiger partial charge in [0.15, 0.2) is 5.17 Å². The van der Waals surface area contributed by atoms with Crippen LogP contribution in [0, 0.1) is 0 Å². The number of carboxylic acids is 1. The van der Waals surface area contributed by atoms with Crippen molar-refractivity contribution in [3.63, 3.8) is 0 Å². The van der Waals surface area contributed by atoms with Crippen LogP contribution in [0.1, 0.15) is 5.56 Å². The maximum absolute atomic E-state index is 10.1. The second-order valence-corrected chi connectivity index (χ2v) is 2.77. The average Bonchev–Trinajstić information content (AvgIpc) is 2.18. The molecule has 4 nitrogen and oxygen atoms in total. The van der Waals surface area contributed by atoms with Crippen LogP contribution in [-0.2, 0) is 9.63 Å². The summed E-state index contributed by atoms with van der Waals surface area (Å²) in [5.41, 5.74) is 0.680. The molecule has 0 radical (unpaired) electrons. The van der Waals surface area contributed by atoms with Gasteiger partial charge in [0.2, 0.25) is 6.61 Å². The minimum Gasteiger partial charge on any atom is -0.479 e. The highest BCUT2D eigenvalue weighted by molar-refractivity contribution is 6.69. The Hall–Kier alpha value is -1.55. The van der Waals surface area contributed by atoms with Crippen molar-refractivity contribution in [2.45, 2.75) is 0 Å². The molecule has 1 N–H and O–H groups in total. The Bertz CT molecular complexity index is 337. The van der Waals surface area contributed by atoms with Crippen LogP contribution < -0.4 is 0 Å². The molecule has 0 saturated carbocycles. The van der Waals surface area contributed by atoms with Crippen molar-refractivity contribution in [3.8, 4) is 0 Å². The van der Waals surface area contributed by atoms with E-state index in [-0.39, 0.29) is 5.17 Å². The highest BCUT2D eigenvalue weighted by atomic mass is 35.5. The maximum atomic E-state index is 10.1. The summed E-state index contributed by atoms with van der Waals surface area (Å²) in [6.45, 7) is -0.497. The monoisotopic (exact) mass is 213 g/mol. The van der Waals surface area contributed by atoms with Gasteiger partial charge in [0.05, 0.1) is 0 Å². The Labute approximate surface area is 85.7 Å². The van der Waals surface area contributed by atoms with Gasteiger partial charge in [0.25, 0.3) is 0 Å². The first kappa shape index (κ1) is 10.5. The molecule has 0 saturated heterocycles. The molecule has 14 heavy (non-hydrogen) atoms. The number of carbonyl (C=O) groups is 1. The third kappa shape index (κ3) is 3.45. The first-order chi connectivity index (χ1) is 6.70. The summed E-state index contributed by atoms with van der Waals surface area (Å²) in [5, 5.41) is 11.8. The van der Waals surface area contributed by atoms with Crippen LogP contribution in [0.5, 0.6) is 0 Å². The molecule has 0 fully saturated rings. The lowest BCUT2D eigenvalue weighted by Gasteiger charge is -1.97. The topological polar surface area (TPSA) is 58.9 Å². The second kappa shape index (κ2) is 5.24. The van der Waals surface area contributed by atoms with Crippen LogP contribution >= 0.6 is 11.6 Å². The van der Waals surface area contributed by atoms with Gasteiger partial charge in [0.1, 0.15) is 0 Å². The van der Waals surface area contributed by atoms with Crippen LogP contribution in [0.3, 0.4) is 0 Å². The molecule has 0 unspecified atom stereocenters. The lowest BCUT2D eigenvalue weighted by molar-refractivity contribution is -0.142. The fraction of sp³-hybridized carbons (Fsp3) is 0.111. The summed E-state index contributed by atoms with van der Waals surface area (Å²) in [6, 6.07) is 8.92. The van der Waals surface area contributed by atoms with E-state index in [1.165, 1.54) is 0 Å². The van der Waals surface area contributed by atoms with E-state index >= 15 is 0 Å². The van der Waals surface area contributed by atoms with Crippen LogP contribution in [0.25, 0.3) is 0 Å². The summed E-state index contributed by atoms with van der Waals surface area (Å²) in [5.74, 6) is -1.09. The molecule has 1 aromatic carbocycles. The van der Waals surface area contributed by atoms with Crippen molar-refractivity contribution in [1.29, 1.82) is 0 Å². The zero-order chi connectivity index (χ0) is 10.4. The highest BCUT2D eigenvalue weighted by Gasteiger charge is 2.00. The molecule has 0 aromatic heterocycles. The Morgan fingerprint density at radius 3 is 2.64 bits per heavy atom. The summed E-state index contributed by atoms with van der Waals surface area (Å²) >= 11 is 5.72. The fourth-order valence-corrected chi connectivity index (χ4v) is 0.947. The predicted molar refractivity (Wildman–Crippen MR) is 52.4 cm³/mol. The zero-order valence-corrected chi connectivity index (χ0v) is 7.94. The van der Waals surface area contributed by atoms with E-state index in [9.17, 15) is 4.79 Å². The van der Waals surface area contributed by atoms with Gasteiger partial charge in [0, 0.05) is 5.56 Å². The van der Waals surface area contributed by atoms with Crippen molar-refractivity contribution >= 4 is 22.7 Å². The Balaban J connectivity index is 2.57. The normalized spacial score (nSPS) is 11.1. The third-order valence-electron chi connectivity index (χ3n) is 1.34. The van der Waals surface area contributed by atoms with Crippen molar-refractivity contribution in [1.82, 2.24) is 0 Å². The van der Waals surface area contributed by atoms with Gasteiger partial charge >= 0.3 is 5.97 Å². The lowest BCUT2D eigenvalue weighted by Crippen LogP contribution is -2.04. The smallest absolute Gasteiger partial charge is 0.344 e. The molecule has 5 heteroatoms. The van der Waals surface area contributed by atoms with E-state index in [1.54, 1.807) is 24.3 Å². The van der Waals surface area contributed by atoms with Crippen molar-refractivity contribution in [3.05, 3.63) is 35.9 Å². The molecule has 0 aliphatic heterocycles. The van der Waals surface area contributed by atoms with E-state index in [0.717, 1.165) is 0 Å². The minimum atomic E-state index is -1.09. The molecule has 1 rings (SSSR count). The molecule has 0 spiro atoms. The molecule has 0 amide bonds. The highest BCUT2D eigenvalue weighted by Crippen LogP contribution is 2.04. The maximum Gasteiger partial charge on any atom is 0.344 e. The van der Waals surface area contributed by atoms with Crippen LogP contribution in [0.4, 0.5) is 0 Å². The Kier molecular flexibility index (Phi) is 3.94. The van der Waals surface area contributed by atoms with Gasteiger partial charge in [-0.3, -0.25) is 0 Å². The summed E-state index contributed by atoms with van der Waals surface area (Å²) in [7, 11) is 0. The average molecular weight is 214 g/mol. The van der Waals surface area contributed by atoms with Gasteiger partial charge < -0.3 is 9.94 Å². The van der Waals surface area contributed by atoms with Gasteiger partial charge in [-0.25, -0.2) is 4.79 Å².